The summed E-state index contributed by atoms with van der Waals surface area (Å²) < 4.78 is 10.5. The van der Waals surface area contributed by atoms with E-state index in [1.54, 1.807) is 24.3 Å². The molecule has 0 unspecified atom stereocenters. The highest BCUT2D eigenvalue weighted by molar-refractivity contribution is 7.50. The summed E-state index contributed by atoms with van der Waals surface area (Å²) in [4.78, 5) is 17.2. The van der Waals surface area contributed by atoms with Crippen molar-refractivity contribution in [2.24, 2.45) is 0 Å². The van der Waals surface area contributed by atoms with E-state index in [0.717, 1.165) is 13.1 Å². The number of hydrogen-bond donors (Lipinski definition) is 3. The number of hydrogen-bond acceptors (Lipinski definition) is 2. The maximum atomic E-state index is 10.5. The highest BCUT2D eigenvalue weighted by Crippen LogP contribution is 2.38. The van der Waals surface area contributed by atoms with Gasteiger partial charge in [-0.1, -0.05) is 44.2 Å². The number of nitrogens with one attached hydrogen (secondary N) is 1. The van der Waals surface area contributed by atoms with Crippen LogP contribution in [0.1, 0.15) is 19.4 Å². The molecule has 3 N–H and O–H groups in total. The molecule has 1 aromatic carbocycles. The van der Waals surface area contributed by atoms with E-state index in [1.165, 1.54) is 0 Å². The lowest BCUT2D eigenvalue weighted by Crippen LogP contribution is -2.09. The van der Waals surface area contributed by atoms with Crippen molar-refractivity contribution in [3.05, 3.63) is 35.9 Å². The zero-order valence-corrected chi connectivity index (χ0v) is 10.7. The van der Waals surface area contributed by atoms with Gasteiger partial charge in [0.05, 0.1) is 6.16 Å². The quantitative estimate of drug-likeness (QED) is 0.709. The molecule has 0 aliphatic rings. The van der Waals surface area contributed by atoms with E-state index in [1.807, 2.05) is 6.07 Å². The molecule has 0 spiro atoms. The Morgan fingerprint density at radius 2 is 1.62 bits per heavy atom. The Kier molecular flexibility index (Phi) is 8.12. The summed E-state index contributed by atoms with van der Waals surface area (Å²) in [5, 5.41) is 3.11. The predicted molar refractivity (Wildman–Crippen MR) is 66.4 cm³/mol. The smallest absolute Gasteiger partial charge is 0.324 e. The summed E-state index contributed by atoms with van der Waals surface area (Å²) in [6.07, 6.45) is -0.173. The molecule has 1 aromatic rings. The average molecular weight is 245 g/mol. The monoisotopic (exact) mass is 245 g/mol. The van der Waals surface area contributed by atoms with Gasteiger partial charge in [-0.25, -0.2) is 0 Å². The van der Waals surface area contributed by atoms with Gasteiger partial charge in [-0.3, -0.25) is 4.57 Å². The van der Waals surface area contributed by atoms with E-state index in [-0.39, 0.29) is 6.16 Å². The molecular formula is C11H20NO3P. The Bertz CT molecular complexity index is 308. The molecule has 0 atom stereocenters. The van der Waals surface area contributed by atoms with Crippen LogP contribution < -0.4 is 5.32 Å². The highest BCUT2D eigenvalue weighted by Gasteiger charge is 2.12. The zero-order valence-electron chi connectivity index (χ0n) is 9.76. The molecule has 0 aliphatic heterocycles. The lowest BCUT2D eigenvalue weighted by molar-refractivity contribution is 0.371. The van der Waals surface area contributed by atoms with Gasteiger partial charge in [0.15, 0.2) is 0 Å². The van der Waals surface area contributed by atoms with E-state index in [2.05, 4.69) is 19.2 Å². The summed E-state index contributed by atoms with van der Waals surface area (Å²) in [5.74, 6) is 0. The van der Waals surface area contributed by atoms with Gasteiger partial charge in [-0.2, -0.15) is 0 Å². The third-order valence-corrected chi connectivity index (χ3v) is 2.51. The lowest BCUT2D eigenvalue weighted by Gasteiger charge is -2.01. The standard InChI is InChI=1S/C7H9O3P.C4H11N/c8-11(9,10)6-7-4-2-1-3-5-7;1-3-5-4-2/h1-5H,6H2,(H2,8,9,10);5H,3-4H2,1-2H3. The molecule has 0 saturated carbocycles. The molecule has 0 fully saturated rings. The maximum absolute atomic E-state index is 10.5. The lowest BCUT2D eigenvalue weighted by atomic mass is 10.2. The molecule has 0 radical (unpaired) electrons. The Morgan fingerprint density at radius 3 is 1.94 bits per heavy atom. The van der Waals surface area contributed by atoms with Crippen LogP contribution in [0, 0.1) is 0 Å². The van der Waals surface area contributed by atoms with E-state index >= 15 is 0 Å². The molecule has 0 heterocycles. The molecule has 1 rings (SSSR count). The van der Waals surface area contributed by atoms with Gasteiger partial charge in [-0.05, 0) is 18.7 Å². The molecule has 5 heteroatoms. The Balaban J connectivity index is 0.000000385. The van der Waals surface area contributed by atoms with Crippen LogP contribution in [0.4, 0.5) is 0 Å². The molecule has 4 nitrogen and oxygen atoms in total. The summed E-state index contributed by atoms with van der Waals surface area (Å²) in [6.45, 7) is 6.39. The molecule has 0 bridgehead atoms. The fourth-order valence-electron chi connectivity index (χ4n) is 1.07. The van der Waals surface area contributed by atoms with E-state index in [0.29, 0.717) is 5.56 Å². The van der Waals surface area contributed by atoms with E-state index in [4.69, 9.17) is 9.79 Å². The maximum Gasteiger partial charge on any atom is 0.329 e. The summed E-state index contributed by atoms with van der Waals surface area (Å²) >= 11 is 0. The van der Waals surface area contributed by atoms with Crippen LogP contribution in [0.5, 0.6) is 0 Å². The number of rotatable bonds is 4. The van der Waals surface area contributed by atoms with Crippen molar-refractivity contribution in [3.8, 4) is 0 Å². The van der Waals surface area contributed by atoms with Crippen molar-refractivity contribution in [2.75, 3.05) is 13.1 Å². The second-order valence-corrected chi connectivity index (χ2v) is 4.91. The number of benzene rings is 1. The van der Waals surface area contributed by atoms with Crippen LogP contribution in [-0.4, -0.2) is 22.9 Å². The van der Waals surface area contributed by atoms with Gasteiger partial charge in [0.2, 0.25) is 0 Å². The average Bonchev–Trinajstić information content (AvgIpc) is 2.19. The molecule has 0 aromatic heterocycles. The molecular weight excluding hydrogens is 225 g/mol. The Morgan fingerprint density at radius 1 is 1.12 bits per heavy atom. The zero-order chi connectivity index (χ0) is 12.4. The second kappa shape index (κ2) is 8.48. The SMILES string of the molecule is CCNCC.O=P(O)(O)Cc1ccccc1. The minimum Gasteiger partial charge on any atom is -0.324 e. The van der Waals surface area contributed by atoms with Gasteiger partial charge >= 0.3 is 7.60 Å². The van der Waals surface area contributed by atoms with Crippen molar-refractivity contribution in [3.63, 3.8) is 0 Å². The van der Waals surface area contributed by atoms with Crippen molar-refractivity contribution in [1.29, 1.82) is 0 Å². The van der Waals surface area contributed by atoms with Crippen LogP contribution in [0.15, 0.2) is 30.3 Å². The molecule has 16 heavy (non-hydrogen) atoms. The fraction of sp³-hybridized carbons (Fsp3) is 0.455. The van der Waals surface area contributed by atoms with Crippen LogP contribution in [-0.2, 0) is 10.7 Å². The first kappa shape index (κ1) is 15.3. The Hall–Kier alpha value is -0.670. The molecule has 92 valence electrons. The molecule has 0 aliphatic carbocycles. The highest BCUT2D eigenvalue weighted by atomic mass is 31.2. The second-order valence-electron chi connectivity index (χ2n) is 3.27. The van der Waals surface area contributed by atoms with E-state index in [9.17, 15) is 4.57 Å². The first-order valence-electron chi connectivity index (χ1n) is 5.28. The summed E-state index contributed by atoms with van der Waals surface area (Å²) in [6, 6.07) is 8.71. The van der Waals surface area contributed by atoms with Crippen LogP contribution in [0.25, 0.3) is 0 Å². The first-order chi connectivity index (χ1) is 7.49. The van der Waals surface area contributed by atoms with Crippen LogP contribution in [0.3, 0.4) is 0 Å². The van der Waals surface area contributed by atoms with Crippen molar-refractivity contribution < 1.29 is 14.4 Å². The minimum absolute atomic E-state index is 0.173. The molecule has 0 saturated heterocycles. The fourth-order valence-corrected chi connectivity index (χ4v) is 1.76. The minimum atomic E-state index is -3.89. The normalized spacial score (nSPS) is 10.5. The van der Waals surface area contributed by atoms with Gasteiger partial charge in [0.25, 0.3) is 0 Å². The molecule has 0 amide bonds. The largest absolute Gasteiger partial charge is 0.329 e. The van der Waals surface area contributed by atoms with Crippen LogP contribution >= 0.6 is 7.60 Å². The third-order valence-electron chi connectivity index (χ3n) is 1.73. The third kappa shape index (κ3) is 9.87. The first-order valence-corrected chi connectivity index (χ1v) is 7.08. The summed E-state index contributed by atoms with van der Waals surface area (Å²) in [5.41, 5.74) is 0.667. The van der Waals surface area contributed by atoms with Crippen molar-refractivity contribution in [1.82, 2.24) is 5.32 Å². The Labute approximate surface area is 96.9 Å². The predicted octanol–water partition coefficient (Wildman–Crippen LogP) is 1.98. The van der Waals surface area contributed by atoms with Crippen molar-refractivity contribution in [2.45, 2.75) is 20.0 Å². The van der Waals surface area contributed by atoms with Gasteiger partial charge < -0.3 is 15.1 Å². The van der Waals surface area contributed by atoms with Crippen LogP contribution in [0.2, 0.25) is 0 Å². The van der Waals surface area contributed by atoms with Crippen molar-refractivity contribution >= 4 is 7.60 Å². The van der Waals surface area contributed by atoms with Gasteiger partial charge in [0.1, 0.15) is 0 Å². The van der Waals surface area contributed by atoms with Gasteiger partial charge in [0, 0.05) is 0 Å². The summed E-state index contributed by atoms with van der Waals surface area (Å²) in [7, 11) is -3.89. The van der Waals surface area contributed by atoms with E-state index < -0.39 is 7.60 Å². The topological polar surface area (TPSA) is 69.6 Å². The van der Waals surface area contributed by atoms with Gasteiger partial charge in [-0.15, -0.1) is 0 Å².